The number of benzene rings is 1. The van der Waals surface area contributed by atoms with Crippen molar-refractivity contribution >= 4 is 38.4 Å². The van der Waals surface area contributed by atoms with Crippen LogP contribution in [0.1, 0.15) is 12.0 Å². The zero-order chi connectivity index (χ0) is 20.2. The number of aliphatic hydroxyl groups excluding tert-OH is 2. The van der Waals surface area contributed by atoms with Crippen LogP contribution in [0.15, 0.2) is 36.8 Å². The van der Waals surface area contributed by atoms with E-state index in [4.69, 9.17) is 10.2 Å². The first-order valence-electron chi connectivity index (χ1n) is 10.1. The highest BCUT2D eigenvalue weighted by Gasteiger charge is 2.13. The van der Waals surface area contributed by atoms with Crippen molar-refractivity contribution in [1.82, 2.24) is 14.9 Å². The topological polar surface area (TPSA) is 98.5 Å². The summed E-state index contributed by atoms with van der Waals surface area (Å²) in [6, 6.07) is 6.34. The molecule has 29 heavy (non-hydrogen) atoms. The number of aliphatic hydroxyl groups is 2. The molecule has 0 atom stereocenters. The lowest BCUT2D eigenvalue weighted by Crippen LogP contribution is -2.31. The minimum Gasteiger partial charge on any atom is -0.395 e. The zero-order valence-corrected chi connectivity index (χ0v) is 16.7. The van der Waals surface area contributed by atoms with Crippen LogP contribution in [0.2, 0.25) is 0 Å². The van der Waals surface area contributed by atoms with Gasteiger partial charge in [-0.25, -0.2) is 9.97 Å². The number of nitrogens with zero attached hydrogens (tertiary/aromatic N) is 2. The summed E-state index contributed by atoms with van der Waals surface area (Å²) in [6.45, 7) is 5.13. The maximum absolute atomic E-state index is 9.13. The number of nitrogens with one attached hydrogen (secondary N) is 3. The Morgan fingerprint density at radius 2 is 1.90 bits per heavy atom. The fraction of sp³-hybridized carbons (Fsp3) is 0.364. The molecule has 0 aliphatic carbocycles. The second kappa shape index (κ2) is 8.73. The quantitative estimate of drug-likeness (QED) is 0.326. The van der Waals surface area contributed by atoms with Crippen molar-refractivity contribution in [3.8, 4) is 0 Å². The van der Waals surface area contributed by atoms with Crippen LogP contribution >= 0.6 is 0 Å². The minimum atomic E-state index is 0.107. The summed E-state index contributed by atoms with van der Waals surface area (Å²) in [5.41, 5.74) is 3.50. The number of H-pyrrole nitrogens is 2. The summed E-state index contributed by atoms with van der Waals surface area (Å²) in [4.78, 5) is 13.4. The first kappa shape index (κ1) is 19.6. The van der Waals surface area contributed by atoms with Crippen LogP contribution in [-0.4, -0.2) is 64.5 Å². The normalized spacial score (nSPS) is 11.9. The molecule has 0 amide bonds. The maximum atomic E-state index is 9.13. The van der Waals surface area contributed by atoms with Crippen LogP contribution in [0.4, 0.5) is 5.82 Å². The van der Waals surface area contributed by atoms with Crippen LogP contribution in [0, 0.1) is 6.92 Å². The van der Waals surface area contributed by atoms with Gasteiger partial charge in [-0.15, -0.1) is 0 Å². The SMILES string of the molecule is Cc1c2ccnc(NCCCN(CCO)CCO)c2cc2c1[nH]c1cc[nH+]cc12. The Morgan fingerprint density at radius 1 is 1.07 bits per heavy atom. The highest BCUT2D eigenvalue weighted by Crippen LogP contribution is 2.34. The fourth-order valence-electron chi connectivity index (χ4n) is 4.04. The Labute approximate surface area is 169 Å². The zero-order valence-electron chi connectivity index (χ0n) is 16.7. The minimum absolute atomic E-state index is 0.107. The van der Waals surface area contributed by atoms with Crippen LogP contribution in [0.3, 0.4) is 0 Å². The highest BCUT2D eigenvalue weighted by atomic mass is 16.3. The molecule has 0 aliphatic heterocycles. The van der Waals surface area contributed by atoms with Gasteiger partial charge in [0.25, 0.3) is 0 Å². The number of hydrogen-bond acceptors (Lipinski definition) is 5. The third-order valence-electron chi connectivity index (χ3n) is 5.52. The molecule has 7 nitrogen and oxygen atoms in total. The summed E-state index contributed by atoms with van der Waals surface area (Å²) in [5, 5.41) is 26.4. The van der Waals surface area contributed by atoms with E-state index in [0.29, 0.717) is 13.1 Å². The first-order chi connectivity index (χ1) is 14.2. The van der Waals surface area contributed by atoms with Gasteiger partial charge in [-0.1, -0.05) is 0 Å². The Kier molecular flexibility index (Phi) is 5.89. The van der Waals surface area contributed by atoms with Crippen LogP contribution < -0.4 is 10.3 Å². The smallest absolute Gasteiger partial charge is 0.177 e. The molecule has 0 unspecified atom stereocenters. The van der Waals surface area contributed by atoms with Crippen LogP contribution in [0.25, 0.3) is 32.6 Å². The van der Waals surface area contributed by atoms with E-state index in [1.807, 2.05) is 18.6 Å². The van der Waals surface area contributed by atoms with Gasteiger partial charge in [0.15, 0.2) is 12.4 Å². The largest absolute Gasteiger partial charge is 0.395 e. The molecule has 0 fully saturated rings. The van der Waals surface area contributed by atoms with E-state index in [1.54, 1.807) is 0 Å². The summed E-state index contributed by atoms with van der Waals surface area (Å²) < 4.78 is 0. The van der Waals surface area contributed by atoms with E-state index in [9.17, 15) is 0 Å². The lowest BCUT2D eigenvalue weighted by Gasteiger charge is -2.20. The molecule has 0 radical (unpaired) electrons. The van der Waals surface area contributed by atoms with Gasteiger partial charge in [0.2, 0.25) is 0 Å². The van der Waals surface area contributed by atoms with E-state index < -0.39 is 0 Å². The third-order valence-corrected chi connectivity index (χ3v) is 5.52. The molecular weight excluding hydrogens is 366 g/mol. The first-order valence-corrected chi connectivity index (χ1v) is 10.1. The molecule has 3 heterocycles. The molecule has 4 rings (SSSR count). The second-order valence-electron chi connectivity index (χ2n) is 7.34. The number of aromatic nitrogens is 3. The summed E-state index contributed by atoms with van der Waals surface area (Å²) in [6.07, 6.45) is 6.71. The van der Waals surface area contributed by atoms with Gasteiger partial charge in [-0.05, 0) is 43.0 Å². The van der Waals surface area contributed by atoms with Gasteiger partial charge in [-0.2, -0.15) is 0 Å². The van der Waals surface area contributed by atoms with E-state index in [2.05, 4.69) is 50.3 Å². The molecule has 3 aromatic heterocycles. The van der Waals surface area contributed by atoms with Crippen molar-refractivity contribution in [2.24, 2.45) is 0 Å². The van der Waals surface area contributed by atoms with E-state index >= 15 is 0 Å². The predicted molar refractivity (Wildman–Crippen MR) is 116 cm³/mol. The van der Waals surface area contributed by atoms with Gasteiger partial charge in [-0.3, -0.25) is 4.90 Å². The average molecular weight is 394 g/mol. The number of aryl methyl sites for hydroxylation is 1. The molecule has 7 heteroatoms. The molecular formula is C22H28N5O2+. The molecule has 0 saturated heterocycles. The Balaban J connectivity index is 1.60. The van der Waals surface area contributed by atoms with Crippen LogP contribution in [0.5, 0.6) is 0 Å². The molecule has 152 valence electrons. The average Bonchev–Trinajstić information content (AvgIpc) is 3.11. The van der Waals surface area contributed by atoms with Crippen molar-refractivity contribution in [1.29, 1.82) is 0 Å². The Hall–Kier alpha value is -2.74. The van der Waals surface area contributed by atoms with E-state index in [-0.39, 0.29) is 13.2 Å². The van der Waals surface area contributed by atoms with Gasteiger partial charge in [0.05, 0.1) is 29.6 Å². The van der Waals surface area contributed by atoms with E-state index in [0.717, 1.165) is 41.7 Å². The van der Waals surface area contributed by atoms with E-state index in [1.165, 1.54) is 21.7 Å². The summed E-state index contributed by atoms with van der Waals surface area (Å²) in [5.74, 6) is 0.887. The highest BCUT2D eigenvalue weighted by molar-refractivity contribution is 6.14. The number of fused-ring (bicyclic) bond motifs is 4. The summed E-state index contributed by atoms with van der Waals surface area (Å²) >= 11 is 0. The van der Waals surface area contributed by atoms with Gasteiger partial charge >= 0.3 is 0 Å². The number of pyridine rings is 2. The Bertz CT molecular complexity index is 1120. The lowest BCUT2D eigenvalue weighted by atomic mass is 10.0. The molecule has 5 N–H and O–H groups in total. The number of anilines is 1. The molecule has 0 saturated carbocycles. The van der Waals surface area contributed by atoms with Crippen molar-refractivity contribution in [3.63, 3.8) is 0 Å². The summed E-state index contributed by atoms with van der Waals surface area (Å²) in [7, 11) is 0. The van der Waals surface area contributed by atoms with Crippen molar-refractivity contribution < 1.29 is 15.2 Å². The molecule has 0 spiro atoms. The van der Waals surface area contributed by atoms with Crippen LogP contribution in [-0.2, 0) is 0 Å². The van der Waals surface area contributed by atoms with Gasteiger partial charge in [0.1, 0.15) is 5.82 Å². The lowest BCUT2D eigenvalue weighted by molar-refractivity contribution is -0.375. The fourth-order valence-corrected chi connectivity index (χ4v) is 4.04. The molecule has 0 bridgehead atoms. The molecule has 0 aliphatic rings. The van der Waals surface area contributed by atoms with Crippen molar-refractivity contribution in [2.75, 3.05) is 44.7 Å². The second-order valence-corrected chi connectivity index (χ2v) is 7.34. The molecule has 4 aromatic rings. The number of hydrogen-bond donors (Lipinski definition) is 4. The molecule has 1 aromatic carbocycles. The van der Waals surface area contributed by atoms with Crippen molar-refractivity contribution in [2.45, 2.75) is 13.3 Å². The third kappa shape index (κ3) is 3.89. The standard InChI is InChI=1S/C22H27N5O2/c1-15-16-3-7-25-22(24-5-2-8-27(9-11-28)10-12-29)18(16)13-17-19-14-23-6-4-20(19)26-21(15)17/h3-4,6-7,13-14,26,28-29H,2,5,8-12H2,1H3,(H,24,25)/p+1. The number of rotatable bonds is 9. The number of aromatic amines is 2. The van der Waals surface area contributed by atoms with Crippen molar-refractivity contribution in [3.05, 3.63) is 42.4 Å². The van der Waals surface area contributed by atoms with Gasteiger partial charge in [0, 0.05) is 42.7 Å². The van der Waals surface area contributed by atoms with Gasteiger partial charge < -0.3 is 20.5 Å². The Morgan fingerprint density at radius 3 is 2.69 bits per heavy atom. The monoisotopic (exact) mass is 394 g/mol. The predicted octanol–water partition coefficient (Wildman–Crippen LogP) is 2.08. The maximum Gasteiger partial charge on any atom is 0.177 e.